The Hall–Kier alpha value is -3.11. The van der Waals surface area contributed by atoms with Gasteiger partial charge in [-0.1, -0.05) is 18.2 Å². The van der Waals surface area contributed by atoms with Crippen molar-refractivity contribution in [2.75, 3.05) is 18.9 Å². The Bertz CT molecular complexity index is 942. The Morgan fingerprint density at radius 3 is 2.86 bits per heavy atom. The fraction of sp³-hybridized carbons (Fsp3) is 0.389. The average Bonchev–Trinajstić information content (AvgIpc) is 3.14. The summed E-state index contributed by atoms with van der Waals surface area (Å²) in [5.41, 5.74) is 4.44. The topological polar surface area (TPSA) is 135 Å². The number of nitroso groups, excluding NO2 is 1. The number of hydrogen-bond donors (Lipinski definition) is 1. The van der Waals surface area contributed by atoms with Crippen molar-refractivity contribution in [1.82, 2.24) is 9.55 Å². The Morgan fingerprint density at radius 1 is 1.39 bits per heavy atom. The van der Waals surface area contributed by atoms with Crippen LogP contribution in [0.2, 0.25) is 0 Å². The summed E-state index contributed by atoms with van der Waals surface area (Å²) in [6, 6.07) is 8.03. The summed E-state index contributed by atoms with van der Waals surface area (Å²) in [6.07, 6.45) is -0.0783. The van der Waals surface area contributed by atoms with Gasteiger partial charge in [0.15, 0.2) is 12.5 Å². The zero-order valence-electron chi connectivity index (χ0n) is 15.4. The summed E-state index contributed by atoms with van der Waals surface area (Å²) in [5.74, 6) is -0.455. The van der Waals surface area contributed by atoms with Crippen LogP contribution in [0.4, 0.5) is 11.5 Å². The van der Waals surface area contributed by atoms with Gasteiger partial charge in [0.1, 0.15) is 18.1 Å². The molecule has 0 saturated carbocycles. The molecule has 1 aromatic carbocycles. The first-order chi connectivity index (χ1) is 13.3. The molecule has 3 rings (SSSR count). The summed E-state index contributed by atoms with van der Waals surface area (Å²) >= 11 is 0. The highest BCUT2D eigenvalue weighted by molar-refractivity contribution is 5.84. The third kappa shape index (κ3) is 3.92. The lowest BCUT2D eigenvalue weighted by atomic mass is 9.83. The van der Waals surface area contributed by atoms with Crippen LogP contribution in [-0.2, 0) is 24.4 Å². The van der Waals surface area contributed by atoms with Gasteiger partial charge in [-0.05, 0) is 36.7 Å². The molecule has 10 heteroatoms. The summed E-state index contributed by atoms with van der Waals surface area (Å²) < 4.78 is 17.6. The SMILES string of the molecule is CC(C)(C(=O)OC[C@H]1OC[C@@H](n2ccc(N)nc2=O)O1)c1ccccc1N=O. The van der Waals surface area contributed by atoms with E-state index in [-0.39, 0.29) is 24.7 Å². The zero-order chi connectivity index (χ0) is 20.3. The van der Waals surface area contributed by atoms with E-state index in [1.807, 2.05) is 0 Å². The second-order valence-electron chi connectivity index (χ2n) is 6.73. The maximum Gasteiger partial charge on any atom is 0.351 e. The average molecular weight is 388 g/mol. The van der Waals surface area contributed by atoms with E-state index in [9.17, 15) is 14.5 Å². The highest BCUT2D eigenvalue weighted by Gasteiger charge is 2.36. The molecule has 2 atom stereocenters. The van der Waals surface area contributed by atoms with Crippen LogP contribution in [0.15, 0.2) is 46.5 Å². The lowest BCUT2D eigenvalue weighted by molar-refractivity contribution is -0.164. The van der Waals surface area contributed by atoms with Crippen LogP contribution in [0.5, 0.6) is 0 Å². The number of nitrogen functional groups attached to an aromatic ring is 1. The summed E-state index contributed by atoms with van der Waals surface area (Å²) in [4.78, 5) is 39.1. The third-order valence-corrected chi connectivity index (χ3v) is 4.43. The number of carbonyl (C=O) groups is 1. The Balaban J connectivity index is 1.62. The lowest BCUT2D eigenvalue weighted by Gasteiger charge is -2.24. The highest BCUT2D eigenvalue weighted by atomic mass is 16.7. The quantitative estimate of drug-likeness (QED) is 0.582. The van der Waals surface area contributed by atoms with Crippen LogP contribution >= 0.6 is 0 Å². The molecule has 0 amide bonds. The predicted octanol–water partition coefficient (Wildman–Crippen LogP) is 1.62. The number of esters is 1. The van der Waals surface area contributed by atoms with E-state index in [1.54, 1.807) is 32.0 Å². The standard InChI is InChI=1S/C18H20N4O6/c1-18(2,11-5-3-4-6-12(11)21-25)16(23)27-10-15-26-9-14(28-15)22-8-7-13(19)20-17(22)24/h3-8,14-15H,9-10H2,1-2H3,(H2,19,20,24)/t14-,15-/m0/s1. The number of anilines is 1. The Labute approximate surface area is 160 Å². The van der Waals surface area contributed by atoms with Crippen molar-refractivity contribution in [2.45, 2.75) is 31.8 Å². The number of ether oxygens (including phenoxy) is 3. The van der Waals surface area contributed by atoms with E-state index in [1.165, 1.54) is 22.9 Å². The van der Waals surface area contributed by atoms with E-state index in [0.29, 0.717) is 5.56 Å². The predicted molar refractivity (Wildman–Crippen MR) is 98.7 cm³/mol. The molecule has 1 aromatic heterocycles. The number of rotatable bonds is 6. The Kier molecular flexibility index (Phi) is 5.52. The molecular weight excluding hydrogens is 368 g/mol. The van der Waals surface area contributed by atoms with Crippen LogP contribution in [0.1, 0.15) is 25.6 Å². The first-order valence-corrected chi connectivity index (χ1v) is 8.54. The van der Waals surface area contributed by atoms with E-state index >= 15 is 0 Å². The molecule has 148 valence electrons. The van der Waals surface area contributed by atoms with Crippen LogP contribution < -0.4 is 11.4 Å². The third-order valence-electron chi connectivity index (χ3n) is 4.43. The van der Waals surface area contributed by atoms with E-state index in [4.69, 9.17) is 19.9 Å². The minimum Gasteiger partial charge on any atom is -0.460 e. The molecule has 2 N–H and O–H groups in total. The fourth-order valence-corrected chi connectivity index (χ4v) is 2.84. The molecule has 28 heavy (non-hydrogen) atoms. The molecule has 2 aromatic rings. The van der Waals surface area contributed by atoms with Gasteiger partial charge in [0.25, 0.3) is 0 Å². The summed E-state index contributed by atoms with van der Waals surface area (Å²) in [7, 11) is 0. The molecular formula is C18H20N4O6. The van der Waals surface area contributed by atoms with Gasteiger partial charge >= 0.3 is 11.7 Å². The molecule has 0 spiro atoms. The maximum atomic E-state index is 12.6. The van der Waals surface area contributed by atoms with Crippen molar-refractivity contribution in [2.24, 2.45) is 5.18 Å². The fourth-order valence-electron chi connectivity index (χ4n) is 2.84. The number of aromatic nitrogens is 2. The van der Waals surface area contributed by atoms with E-state index < -0.39 is 29.6 Å². The normalized spacial score (nSPS) is 19.4. The smallest absolute Gasteiger partial charge is 0.351 e. The molecule has 0 radical (unpaired) electrons. The molecule has 0 aliphatic carbocycles. The van der Waals surface area contributed by atoms with E-state index in [2.05, 4.69) is 10.2 Å². The molecule has 0 bridgehead atoms. The number of hydrogen-bond acceptors (Lipinski definition) is 9. The van der Waals surface area contributed by atoms with Crippen molar-refractivity contribution < 1.29 is 19.0 Å². The maximum absolute atomic E-state index is 12.6. The van der Waals surface area contributed by atoms with Crippen molar-refractivity contribution in [1.29, 1.82) is 0 Å². The van der Waals surface area contributed by atoms with Crippen molar-refractivity contribution >= 4 is 17.5 Å². The van der Waals surface area contributed by atoms with Gasteiger partial charge in [0.05, 0.1) is 12.0 Å². The second kappa shape index (κ2) is 7.87. The monoisotopic (exact) mass is 388 g/mol. The summed E-state index contributed by atoms with van der Waals surface area (Å²) in [6.45, 7) is 3.19. The number of benzene rings is 1. The van der Waals surface area contributed by atoms with Gasteiger partial charge < -0.3 is 19.9 Å². The largest absolute Gasteiger partial charge is 0.460 e. The van der Waals surface area contributed by atoms with Crippen LogP contribution in [0.3, 0.4) is 0 Å². The molecule has 2 heterocycles. The molecule has 1 aliphatic rings. The van der Waals surface area contributed by atoms with Crippen LogP contribution in [-0.4, -0.2) is 35.0 Å². The molecule has 1 aliphatic heterocycles. The number of carbonyl (C=O) groups excluding carboxylic acids is 1. The van der Waals surface area contributed by atoms with Gasteiger partial charge in [-0.15, -0.1) is 4.91 Å². The van der Waals surface area contributed by atoms with Gasteiger partial charge in [-0.3, -0.25) is 9.36 Å². The van der Waals surface area contributed by atoms with Gasteiger partial charge in [-0.2, -0.15) is 4.98 Å². The minimum atomic E-state index is -1.10. The van der Waals surface area contributed by atoms with Gasteiger partial charge in [0.2, 0.25) is 0 Å². The number of nitrogens with zero attached hydrogens (tertiary/aromatic N) is 3. The second-order valence-corrected chi connectivity index (χ2v) is 6.73. The Morgan fingerprint density at radius 2 is 2.14 bits per heavy atom. The van der Waals surface area contributed by atoms with E-state index in [0.717, 1.165) is 0 Å². The van der Waals surface area contributed by atoms with Crippen molar-refractivity contribution in [3.8, 4) is 0 Å². The van der Waals surface area contributed by atoms with Crippen molar-refractivity contribution in [3.05, 3.63) is 57.5 Å². The van der Waals surface area contributed by atoms with Crippen LogP contribution in [0.25, 0.3) is 0 Å². The molecule has 1 fully saturated rings. The molecule has 0 unspecified atom stereocenters. The molecule has 1 saturated heterocycles. The van der Waals surface area contributed by atoms with Gasteiger partial charge in [-0.25, -0.2) is 4.79 Å². The zero-order valence-corrected chi connectivity index (χ0v) is 15.4. The van der Waals surface area contributed by atoms with Gasteiger partial charge in [0, 0.05) is 6.20 Å². The number of nitrogens with two attached hydrogens (primary N) is 1. The first kappa shape index (κ1) is 19.6. The summed E-state index contributed by atoms with van der Waals surface area (Å²) in [5, 5.41) is 2.96. The minimum absolute atomic E-state index is 0.0923. The van der Waals surface area contributed by atoms with Crippen LogP contribution in [0, 0.1) is 4.91 Å². The highest BCUT2D eigenvalue weighted by Crippen LogP contribution is 2.33. The first-order valence-electron chi connectivity index (χ1n) is 8.54. The van der Waals surface area contributed by atoms with Crippen molar-refractivity contribution in [3.63, 3.8) is 0 Å². The molecule has 10 nitrogen and oxygen atoms in total. The lowest BCUT2D eigenvalue weighted by Crippen LogP contribution is -2.34.